The molecule has 6 N–H and O–H groups in total. The van der Waals surface area contributed by atoms with Gasteiger partial charge in [-0.2, -0.15) is 0 Å². The zero-order valence-corrected chi connectivity index (χ0v) is 26.9. The van der Waals surface area contributed by atoms with Gasteiger partial charge in [0.1, 0.15) is 24.4 Å². The van der Waals surface area contributed by atoms with Crippen molar-refractivity contribution in [2.75, 3.05) is 13.2 Å². The number of unbranched alkanes of at least 4 members (excludes halogenated alkanes) is 20. The second-order valence-electron chi connectivity index (χ2n) is 12.9. The van der Waals surface area contributed by atoms with Crippen LogP contribution < -0.4 is 0 Å². The van der Waals surface area contributed by atoms with Crippen LogP contribution in [0.4, 0.5) is 0 Å². The van der Waals surface area contributed by atoms with Crippen molar-refractivity contribution < 1.29 is 40.1 Å². The highest BCUT2D eigenvalue weighted by atomic mass is 16.7. The minimum atomic E-state index is -1.44. The van der Waals surface area contributed by atoms with Crippen molar-refractivity contribution in [1.29, 1.82) is 0 Å². The summed E-state index contributed by atoms with van der Waals surface area (Å²) in [7, 11) is 0. The third-order valence-electron chi connectivity index (χ3n) is 8.74. The third kappa shape index (κ3) is 20.6. The molecule has 1 aliphatic rings. The monoisotopic (exact) mass is 604 g/mol. The normalized spacial score (nSPS) is 24.2. The van der Waals surface area contributed by atoms with Crippen molar-refractivity contribution >= 4 is 0 Å². The predicted molar refractivity (Wildman–Crippen MR) is 168 cm³/mol. The van der Waals surface area contributed by atoms with Crippen molar-refractivity contribution in [3.8, 4) is 0 Å². The van der Waals surface area contributed by atoms with Crippen LogP contribution in [0.3, 0.4) is 0 Å². The SMILES string of the molecule is C[C@@H](O)CCCCCCCCCCCCCCCCCCCCCCC[C@@H](O)CCO[C@H]1OC(CO)[C@H](O)C(O)[C@@H]1O. The van der Waals surface area contributed by atoms with Gasteiger partial charge in [-0.15, -0.1) is 0 Å². The van der Waals surface area contributed by atoms with Crippen LogP contribution in [-0.4, -0.2) is 86.8 Å². The Labute approximate surface area is 257 Å². The van der Waals surface area contributed by atoms with Gasteiger partial charge >= 0.3 is 0 Å². The van der Waals surface area contributed by atoms with E-state index in [-0.39, 0.29) is 12.7 Å². The number of hydrogen-bond acceptors (Lipinski definition) is 8. The summed E-state index contributed by atoms with van der Waals surface area (Å²) in [6, 6.07) is 0. The van der Waals surface area contributed by atoms with Crippen LogP contribution in [0, 0.1) is 0 Å². The zero-order chi connectivity index (χ0) is 30.8. The Kier molecular flexibility index (Phi) is 25.6. The molecular formula is C34H68O8. The van der Waals surface area contributed by atoms with E-state index in [1.54, 1.807) is 0 Å². The first-order valence-corrected chi connectivity index (χ1v) is 17.6. The molecule has 42 heavy (non-hydrogen) atoms. The lowest BCUT2D eigenvalue weighted by Crippen LogP contribution is -2.59. The largest absolute Gasteiger partial charge is 0.394 e. The fourth-order valence-corrected chi connectivity index (χ4v) is 5.85. The number of ether oxygens (including phenoxy) is 2. The molecule has 1 heterocycles. The van der Waals surface area contributed by atoms with Gasteiger partial charge in [0, 0.05) is 0 Å². The van der Waals surface area contributed by atoms with Gasteiger partial charge < -0.3 is 40.1 Å². The first-order chi connectivity index (χ1) is 20.4. The third-order valence-corrected chi connectivity index (χ3v) is 8.74. The smallest absolute Gasteiger partial charge is 0.186 e. The molecule has 0 saturated carbocycles. The first kappa shape index (κ1) is 39.7. The summed E-state index contributed by atoms with van der Waals surface area (Å²) >= 11 is 0. The molecule has 1 fully saturated rings. The van der Waals surface area contributed by atoms with Gasteiger partial charge in [0.15, 0.2) is 6.29 Å². The van der Waals surface area contributed by atoms with E-state index in [9.17, 15) is 30.6 Å². The van der Waals surface area contributed by atoms with Crippen LogP contribution >= 0.6 is 0 Å². The van der Waals surface area contributed by atoms with E-state index >= 15 is 0 Å². The van der Waals surface area contributed by atoms with Crippen molar-refractivity contribution in [3.05, 3.63) is 0 Å². The lowest BCUT2D eigenvalue weighted by atomic mass is 9.99. The number of hydrogen-bond donors (Lipinski definition) is 6. The molecule has 0 aliphatic carbocycles. The highest BCUT2D eigenvalue weighted by Crippen LogP contribution is 2.22. The van der Waals surface area contributed by atoms with Gasteiger partial charge in [0.2, 0.25) is 0 Å². The van der Waals surface area contributed by atoms with Crippen molar-refractivity contribution in [2.45, 2.75) is 204 Å². The number of aliphatic hydroxyl groups excluding tert-OH is 6. The first-order valence-electron chi connectivity index (χ1n) is 17.6. The molecular weight excluding hydrogens is 536 g/mol. The van der Waals surface area contributed by atoms with Crippen LogP contribution in [0.15, 0.2) is 0 Å². The van der Waals surface area contributed by atoms with Crippen LogP contribution in [0.1, 0.15) is 161 Å². The molecule has 0 aromatic heterocycles. The fourth-order valence-electron chi connectivity index (χ4n) is 5.85. The summed E-state index contributed by atoms with van der Waals surface area (Å²) in [5.41, 5.74) is 0. The molecule has 0 bridgehead atoms. The Morgan fingerprint density at radius 1 is 0.524 bits per heavy atom. The maximum atomic E-state index is 10.2. The summed E-state index contributed by atoms with van der Waals surface area (Å²) in [5.74, 6) is 0. The Morgan fingerprint density at radius 3 is 1.29 bits per heavy atom. The fraction of sp³-hybridized carbons (Fsp3) is 1.00. The minimum absolute atomic E-state index is 0.131. The summed E-state index contributed by atoms with van der Waals surface area (Å²) in [6.07, 6.45) is 22.7. The van der Waals surface area contributed by atoms with Crippen LogP contribution in [0.25, 0.3) is 0 Å². The van der Waals surface area contributed by atoms with Crippen LogP contribution in [-0.2, 0) is 9.47 Å². The maximum absolute atomic E-state index is 10.2. The highest BCUT2D eigenvalue weighted by molar-refractivity contribution is 4.88. The Morgan fingerprint density at radius 2 is 0.905 bits per heavy atom. The van der Waals surface area contributed by atoms with E-state index < -0.39 is 43.4 Å². The van der Waals surface area contributed by atoms with Gasteiger partial charge in [-0.05, 0) is 26.2 Å². The van der Waals surface area contributed by atoms with Crippen LogP contribution in [0.5, 0.6) is 0 Å². The van der Waals surface area contributed by atoms with E-state index in [2.05, 4.69) is 0 Å². The molecule has 0 spiro atoms. The molecule has 1 aliphatic heterocycles. The Bertz CT molecular complexity index is 576. The topological polar surface area (TPSA) is 140 Å². The second-order valence-corrected chi connectivity index (χ2v) is 12.9. The minimum Gasteiger partial charge on any atom is -0.394 e. The van der Waals surface area contributed by atoms with E-state index in [1.165, 1.54) is 122 Å². The van der Waals surface area contributed by atoms with Gasteiger partial charge in [-0.1, -0.05) is 135 Å². The predicted octanol–water partition coefficient (Wildman–Crippen LogP) is 5.91. The summed E-state index contributed by atoms with van der Waals surface area (Å²) in [4.78, 5) is 0. The zero-order valence-electron chi connectivity index (χ0n) is 26.9. The van der Waals surface area contributed by atoms with Gasteiger partial charge in [0.25, 0.3) is 0 Å². The molecule has 0 aromatic carbocycles. The Balaban J connectivity index is 1.78. The van der Waals surface area contributed by atoms with Crippen molar-refractivity contribution in [1.82, 2.24) is 0 Å². The summed E-state index contributed by atoms with van der Waals surface area (Å²) < 4.78 is 10.8. The van der Waals surface area contributed by atoms with Crippen molar-refractivity contribution in [3.63, 3.8) is 0 Å². The Hall–Kier alpha value is -0.320. The second kappa shape index (κ2) is 27.0. The van der Waals surface area contributed by atoms with E-state index in [0.717, 1.165) is 19.3 Å². The van der Waals surface area contributed by atoms with E-state index in [1.807, 2.05) is 6.92 Å². The molecule has 2 unspecified atom stereocenters. The molecule has 0 aromatic rings. The molecule has 1 rings (SSSR count). The standard InChI is InChI=1S/C34H68O8/c1-28(36)23-21-19-17-15-13-11-9-7-5-3-2-4-6-8-10-12-14-16-18-20-22-24-29(37)25-26-41-34-33(40)32(39)31(38)30(27-35)42-34/h28-40H,2-27H2,1H3/t28-,29-,30?,31+,32?,33+,34+/m1/s1. The van der Waals surface area contributed by atoms with Crippen molar-refractivity contribution in [2.24, 2.45) is 0 Å². The lowest BCUT2D eigenvalue weighted by Gasteiger charge is -2.39. The summed E-state index contributed by atoms with van der Waals surface area (Å²) in [6.45, 7) is 1.56. The molecule has 8 heteroatoms. The highest BCUT2D eigenvalue weighted by Gasteiger charge is 2.43. The van der Waals surface area contributed by atoms with Gasteiger partial charge in [-0.3, -0.25) is 0 Å². The maximum Gasteiger partial charge on any atom is 0.186 e. The van der Waals surface area contributed by atoms with Gasteiger partial charge in [0.05, 0.1) is 25.4 Å². The molecule has 8 nitrogen and oxygen atoms in total. The molecule has 7 atom stereocenters. The average Bonchev–Trinajstić information content (AvgIpc) is 2.97. The van der Waals surface area contributed by atoms with Crippen LogP contribution in [0.2, 0.25) is 0 Å². The summed E-state index contributed by atoms with van der Waals surface area (Å²) in [5, 5.41) is 58.3. The van der Waals surface area contributed by atoms with Gasteiger partial charge in [-0.25, -0.2) is 0 Å². The molecule has 1 saturated heterocycles. The molecule has 252 valence electrons. The quantitative estimate of drug-likeness (QED) is 0.0580. The molecule has 0 amide bonds. The average molecular weight is 605 g/mol. The van der Waals surface area contributed by atoms with E-state index in [0.29, 0.717) is 12.8 Å². The number of aliphatic hydroxyl groups is 6. The lowest BCUT2D eigenvalue weighted by molar-refractivity contribution is -0.301. The van der Waals surface area contributed by atoms with E-state index in [4.69, 9.17) is 9.47 Å². The number of rotatable bonds is 29. The molecule has 0 radical (unpaired) electrons.